The first-order valence-corrected chi connectivity index (χ1v) is 18.9. The van der Waals surface area contributed by atoms with Gasteiger partial charge in [-0.15, -0.1) is 11.3 Å². The molecule has 0 fully saturated rings. The van der Waals surface area contributed by atoms with Gasteiger partial charge in [-0.1, -0.05) is 146 Å². The number of para-hydroxylation sites is 1. The van der Waals surface area contributed by atoms with Gasteiger partial charge in [0.1, 0.15) is 0 Å². The molecule has 3 heterocycles. The molecule has 0 saturated heterocycles. The van der Waals surface area contributed by atoms with Gasteiger partial charge in [-0.25, -0.2) is 15.0 Å². The fourth-order valence-electron chi connectivity index (χ4n) is 7.98. The molecule has 11 aromatic rings. The monoisotopic (exact) mass is 706 g/mol. The molecule has 0 amide bonds. The van der Waals surface area contributed by atoms with E-state index in [-0.39, 0.29) is 0 Å². The molecule has 3 aromatic heterocycles. The highest BCUT2D eigenvalue weighted by atomic mass is 32.1. The van der Waals surface area contributed by atoms with Gasteiger partial charge < -0.3 is 4.57 Å². The van der Waals surface area contributed by atoms with Crippen molar-refractivity contribution < 1.29 is 0 Å². The van der Waals surface area contributed by atoms with Crippen molar-refractivity contribution in [1.29, 1.82) is 0 Å². The summed E-state index contributed by atoms with van der Waals surface area (Å²) in [5.41, 5.74) is 8.80. The summed E-state index contributed by atoms with van der Waals surface area (Å²) in [6.07, 6.45) is 0. The molecule has 8 aromatic carbocycles. The SMILES string of the molecule is c1ccc(-c2nc(-c3ccccc3)nc(-c3ccc(-n4c5ccccc5c5cc(-c6cccc7c6sc6ccccc67)ccc54)c4ccccc34)n2)cc1. The zero-order valence-corrected chi connectivity index (χ0v) is 29.8. The van der Waals surface area contributed by atoms with Crippen molar-refractivity contribution in [3.63, 3.8) is 0 Å². The van der Waals surface area contributed by atoms with E-state index in [9.17, 15) is 0 Å². The first-order chi connectivity index (χ1) is 26.8. The van der Waals surface area contributed by atoms with E-state index in [1.807, 2.05) is 72.0 Å². The molecule has 5 heteroatoms. The Balaban J connectivity index is 1.11. The predicted molar refractivity (Wildman–Crippen MR) is 226 cm³/mol. The molecule has 0 unspecified atom stereocenters. The number of hydrogen-bond acceptors (Lipinski definition) is 4. The maximum Gasteiger partial charge on any atom is 0.164 e. The Kier molecular flexibility index (Phi) is 7.00. The fourth-order valence-corrected chi connectivity index (χ4v) is 9.21. The van der Waals surface area contributed by atoms with Crippen molar-refractivity contribution in [2.45, 2.75) is 0 Å². The Bertz CT molecular complexity index is 3160. The van der Waals surface area contributed by atoms with Crippen LogP contribution in [0.1, 0.15) is 0 Å². The Morgan fingerprint density at radius 2 is 0.944 bits per heavy atom. The Morgan fingerprint density at radius 3 is 1.70 bits per heavy atom. The zero-order valence-electron chi connectivity index (χ0n) is 29.0. The second-order valence-electron chi connectivity index (χ2n) is 13.6. The van der Waals surface area contributed by atoms with Crippen LogP contribution in [0.25, 0.3) is 104 Å². The molecular formula is C49H30N4S. The van der Waals surface area contributed by atoms with Crippen LogP contribution in [0.5, 0.6) is 0 Å². The van der Waals surface area contributed by atoms with Crippen molar-refractivity contribution >= 4 is 64.1 Å². The van der Waals surface area contributed by atoms with Crippen LogP contribution in [0.15, 0.2) is 182 Å². The van der Waals surface area contributed by atoms with Crippen LogP contribution in [0, 0.1) is 0 Å². The van der Waals surface area contributed by atoms with E-state index >= 15 is 0 Å². The molecule has 4 nitrogen and oxygen atoms in total. The number of benzene rings is 8. The summed E-state index contributed by atoms with van der Waals surface area (Å²) in [6.45, 7) is 0. The summed E-state index contributed by atoms with van der Waals surface area (Å²) < 4.78 is 5.06. The second-order valence-corrected chi connectivity index (χ2v) is 14.6. The standard InChI is InChI=1S/C49H30N4S/c1-3-14-31(15-4-1)47-50-48(32-16-5-2-6-17-32)52-49(51-47)40-27-29-43(36-19-8-7-18-35(36)40)53-42-24-11-9-20-37(42)41-30-33(26-28-44(41)53)34-22-13-23-39-38-21-10-12-25-45(38)54-46(34)39/h1-30H. The molecular weight excluding hydrogens is 677 g/mol. The number of rotatable bonds is 5. The third-order valence-corrected chi connectivity index (χ3v) is 11.7. The van der Waals surface area contributed by atoms with Gasteiger partial charge in [-0.3, -0.25) is 0 Å². The molecule has 0 atom stereocenters. The van der Waals surface area contributed by atoms with Crippen LogP contribution < -0.4 is 0 Å². The van der Waals surface area contributed by atoms with E-state index in [1.165, 1.54) is 53.1 Å². The Morgan fingerprint density at radius 1 is 0.352 bits per heavy atom. The summed E-state index contributed by atoms with van der Waals surface area (Å²) in [5.74, 6) is 1.95. The molecule has 0 N–H and O–H groups in total. The van der Waals surface area contributed by atoms with Crippen molar-refractivity contribution in [2.75, 3.05) is 0 Å². The number of fused-ring (bicyclic) bond motifs is 7. The van der Waals surface area contributed by atoms with Crippen LogP contribution in [0.2, 0.25) is 0 Å². The fraction of sp³-hybridized carbons (Fsp3) is 0. The minimum Gasteiger partial charge on any atom is -0.309 e. The lowest BCUT2D eigenvalue weighted by molar-refractivity contribution is 1.08. The molecule has 0 aliphatic carbocycles. The summed E-state index contributed by atoms with van der Waals surface area (Å²) in [5, 5.41) is 7.29. The van der Waals surface area contributed by atoms with Crippen molar-refractivity contribution in [2.24, 2.45) is 0 Å². The third-order valence-electron chi connectivity index (χ3n) is 10.5. The van der Waals surface area contributed by atoms with Crippen LogP contribution in [0.4, 0.5) is 0 Å². The lowest BCUT2D eigenvalue weighted by atomic mass is 10.0. The average molecular weight is 707 g/mol. The summed E-state index contributed by atoms with van der Waals surface area (Å²) in [6, 6.07) is 64.4. The maximum atomic E-state index is 5.09. The molecule has 54 heavy (non-hydrogen) atoms. The van der Waals surface area contributed by atoms with E-state index in [0.29, 0.717) is 17.5 Å². The zero-order chi connectivity index (χ0) is 35.6. The molecule has 0 bridgehead atoms. The van der Waals surface area contributed by atoms with Gasteiger partial charge in [0.05, 0.1) is 16.7 Å². The van der Waals surface area contributed by atoms with Crippen LogP contribution >= 0.6 is 11.3 Å². The summed E-state index contributed by atoms with van der Waals surface area (Å²) in [7, 11) is 0. The molecule has 0 spiro atoms. The summed E-state index contributed by atoms with van der Waals surface area (Å²) >= 11 is 1.87. The minimum absolute atomic E-state index is 0.646. The Labute approximate surface area is 315 Å². The minimum atomic E-state index is 0.646. The topological polar surface area (TPSA) is 43.6 Å². The molecule has 0 aliphatic heterocycles. The first-order valence-electron chi connectivity index (χ1n) is 18.1. The lowest BCUT2D eigenvalue weighted by Gasteiger charge is -2.15. The Hall–Kier alpha value is -6.95. The van der Waals surface area contributed by atoms with Gasteiger partial charge in [-0.2, -0.15) is 0 Å². The highest BCUT2D eigenvalue weighted by molar-refractivity contribution is 7.26. The van der Waals surface area contributed by atoms with Crippen molar-refractivity contribution in [3.8, 4) is 51.0 Å². The van der Waals surface area contributed by atoms with Gasteiger partial charge >= 0.3 is 0 Å². The molecule has 252 valence electrons. The van der Waals surface area contributed by atoms with Crippen LogP contribution in [-0.2, 0) is 0 Å². The van der Waals surface area contributed by atoms with E-state index in [2.05, 4.69) is 126 Å². The largest absolute Gasteiger partial charge is 0.309 e. The van der Waals surface area contributed by atoms with Crippen molar-refractivity contribution in [1.82, 2.24) is 19.5 Å². The summed E-state index contributed by atoms with van der Waals surface area (Å²) in [4.78, 5) is 15.1. The van der Waals surface area contributed by atoms with Gasteiger partial charge in [0.25, 0.3) is 0 Å². The number of aromatic nitrogens is 4. The van der Waals surface area contributed by atoms with E-state index in [4.69, 9.17) is 15.0 Å². The van der Waals surface area contributed by atoms with Crippen LogP contribution in [0.3, 0.4) is 0 Å². The molecule has 11 rings (SSSR count). The smallest absolute Gasteiger partial charge is 0.164 e. The molecule has 0 saturated carbocycles. The number of nitrogens with zero attached hydrogens (tertiary/aromatic N) is 4. The van der Waals surface area contributed by atoms with Gasteiger partial charge in [-0.05, 0) is 52.9 Å². The maximum absolute atomic E-state index is 5.09. The van der Waals surface area contributed by atoms with Gasteiger partial charge in [0, 0.05) is 53.0 Å². The normalized spacial score (nSPS) is 11.7. The lowest BCUT2D eigenvalue weighted by Crippen LogP contribution is -2.01. The van der Waals surface area contributed by atoms with Gasteiger partial charge in [0.15, 0.2) is 17.5 Å². The first kappa shape index (κ1) is 30.7. The van der Waals surface area contributed by atoms with Crippen molar-refractivity contribution in [3.05, 3.63) is 182 Å². The second kappa shape index (κ2) is 12.3. The predicted octanol–water partition coefficient (Wildman–Crippen LogP) is 13.2. The van der Waals surface area contributed by atoms with E-state index < -0.39 is 0 Å². The van der Waals surface area contributed by atoms with Crippen LogP contribution in [-0.4, -0.2) is 19.5 Å². The van der Waals surface area contributed by atoms with E-state index in [1.54, 1.807) is 0 Å². The molecule has 0 aliphatic rings. The number of hydrogen-bond donors (Lipinski definition) is 0. The number of thiophene rings is 1. The van der Waals surface area contributed by atoms with Gasteiger partial charge in [0.2, 0.25) is 0 Å². The third kappa shape index (κ3) is 4.86. The highest BCUT2D eigenvalue weighted by Gasteiger charge is 2.19. The highest BCUT2D eigenvalue weighted by Crippen LogP contribution is 2.43. The van der Waals surface area contributed by atoms with E-state index in [0.717, 1.165) is 33.2 Å². The quantitative estimate of drug-likeness (QED) is 0.179. The molecule has 0 radical (unpaired) electrons. The average Bonchev–Trinajstić information content (AvgIpc) is 3.79.